The summed E-state index contributed by atoms with van der Waals surface area (Å²) in [4.78, 5) is 24.6. The SMILES string of the molecule is CC(C)(C)OCC(NC(=O)Nc1cccc(I)c1)C(=O)OC(C)(C)C. The zero-order chi connectivity index (χ0) is 19.3. The van der Waals surface area contributed by atoms with E-state index in [0.717, 1.165) is 3.57 Å². The van der Waals surface area contributed by atoms with Gasteiger partial charge in [-0.2, -0.15) is 0 Å². The van der Waals surface area contributed by atoms with Gasteiger partial charge in [0.2, 0.25) is 0 Å². The zero-order valence-electron chi connectivity index (χ0n) is 15.6. The number of amides is 2. The van der Waals surface area contributed by atoms with Crippen LogP contribution in [0.25, 0.3) is 0 Å². The Morgan fingerprint density at radius 2 is 1.76 bits per heavy atom. The number of nitrogens with one attached hydrogen (secondary N) is 2. The Bertz CT molecular complexity index is 606. The van der Waals surface area contributed by atoms with E-state index in [-0.39, 0.29) is 6.61 Å². The largest absolute Gasteiger partial charge is 0.458 e. The van der Waals surface area contributed by atoms with Crippen LogP contribution in [0.5, 0.6) is 0 Å². The van der Waals surface area contributed by atoms with Crippen LogP contribution in [0, 0.1) is 3.57 Å². The molecule has 6 nitrogen and oxygen atoms in total. The molecule has 1 rings (SSSR count). The number of carbonyl (C=O) groups excluding carboxylic acids is 2. The first-order valence-corrected chi connectivity index (χ1v) is 9.13. The summed E-state index contributed by atoms with van der Waals surface area (Å²) in [5, 5.41) is 5.34. The second-order valence-electron chi connectivity index (χ2n) is 7.62. The van der Waals surface area contributed by atoms with Gasteiger partial charge in [0.1, 0.15) is 5.60 Å². The highest BCUT2D eigenvalue weighted by Crippen LogP contribution is 2.14. The molecule has 0 heterocycles. The Hall–Kier alpha value is -1.35. The molecule has 1 aromatic carbocycles. The predicted molar refractivity (Wildman–Crippen MR) is 107 cm³/mol. The number of halogens is 1. The van der Waals surface area contributed by atoms with Gasteiger partial charge < -0.3 is 20.1 Å². The Morgan fingerprint density at radius 1 is 1.12 bits per heavy atom. The van der Waals surface area contributed by atoms with E-state index in [2.05, 4.69) is 33.2 Å². The van der Waals surface area contributed by atoms with Crippen LogP contribution in [0.1, 0.15) is 41.5 Å². The third kappa shape index (κ3) is 9.64. The van der Waals surface area contributed by atoms with Crippen LogP contribution in [-0.2, 0) is 14.3 Å². The lowest BCUT2D eigenvalue weighted by Crippen LogP contribution is -2.49. The normalized spacial score (nSPS) is 13.1. The van der Waals surface area contributed by atoms with Crippen molar-refractivity contribution in [3.63, 3.8) is 0 Å². The molecule has 2 amide bonds. The van der Waals surface area contributed by atoms with Crippen LogP contribution in [0.3, 0.4) is 0 Å². The fourth-order valence-corrected chi connectivity index (χ4v) is 2.31. The minimum absolute atomic E-state index is 0.0259. The minimum Gasteiger partial charge on any atom is -0.458 e. The summed E-state index contributed by atoms with van der Waals surface area (Å²) in [6, 6.07) is 5.97. The molecule has 25 heavy (non-hydrogen) atoms. The molecule has 0 spiro atoms. The molecular formula is C18H27IN2O4. The number of ether oxygens (including phenoxy) is 2. The average molecular weight is 462 g/mol. The lowest BCUT2D eigenvalue weighted by atomic mass is 10.1. The molecule has 0 bridgehead atoms. The van der Waals surface area contributed by atoms with Crippen molar-refractivity contribution in [2.45, 2.75) is 58.8 Å². The molecule has 1 aromatic rings. The molecule has 140 valence electrons. The lowest BCUT2D eigenvalue weighted by molar-refractivity contribution is -0.160. The van der Waals surface area contributed by atoms with E-state index in [1.807, 2.05) is 39.0 Å². The number of anilines is 1. The maximum atomic E-state index is 12.4. The third-order valence-corrected chi connectivity index (χ3v) is 3.43. The molecule has 0 fully saturated rings. The molecule has 0 saturated carbocycles. The van der Waals surface area contributed by atoms with Crippen LogP contribution in [0.2, 0.25) is 0 Å². The first kappa shape index (κ1) is 21.7. The number of esters is 1. The average Bonchev–Trinajstić information content (AvgIpc) is 2.40. The molecular weight excluding hydrogens is 435 g/mol. The molecule has 0 saturated heterocycles. The van der Waals surface area contributed by atoms with Crippen molar-refractivity contribution in [2.75, 3.05) is 11.9 Å². The summed E-state index contributed by atoms with van der Waals surface area (Å²) in [7, 11) is 0. The van der Waals surface area contributed by atoms with Crippen molar-refractivity contribution in [2.24, 2.45) is 0 Å². The van der Waals surface area contributed by atoms with Gasteiger partial charge in [-0.05, 0) is 82.3 Å². The topological polar surface area (TPSA) is 76.7 Å². The fraction of sp³-hybridized carbons (Fsp3) is 0.556. The maximum Gasteiger partial charge on any atom is 0.331 e. The number of carbonyl (C=O) groups is 2. The zero-order valence-corrected chi connectivity index (χ0v) is 17.8. The van der Waals surface area contributed by atoms with Crippen LogP contribution in [0.15, 0.2) is 24.3 Å². The van der Waals surface area contributed by atoms with E-state index < -0.39 is 29.2 Å². The van der Waals surface area contributed by atoms with Gasteiger partial charge in [-0.25, -0.2) is 9.59 Å². The lowest BCUT2D eigenvalue weighted by Gasteiger charge is -2.27. The Labute approximate surface area is 163 Å². The smallest absolute Gasteiger partial charge is 0.331 e. The van der Waals surface area contributed by atoms with Crippen molar-refractivity contribution >= 4 is 40.3 Å². The number of rotatable bonds is 5. The molecule has 7 heteroatoms. The van der Waals surface area contributed by atoms with Crippen LogP contribution in [-0.4, -0.2) is 35.9 Å². The van der Waals surface area contributed by atoms with Crippen molar-refractivity contribution in [3.8, 4) is 0 Å². The summed E-state index contributed by atoms with van der Waals surface area (Å²) in [5.41, 5.74) is -0.442. The third-order valence-electron chi connectivity index (χ3n) is 2.76. The van der Waals surface area contributed by atoms with Gasteiger partial charge in [-0.1, -0.05) is 6.07 Å². The minimum atomic E-state index is -0.902. The fourth-order valence-electron chi connectivity index (χ4n) is 1.77. The molecule has 0 radical (unpaired) electrons. The quantitative estimate of drug-likeness (QED) is 0.514. The number of benzene rings is 1. The summed E-state index contributed by atoms with van der Waals surface area (Å²) >= 11 is 2.16. The van der Waals surface area contributed by atoms with Gasteiger partial charge in [0.15, 0.2) is 6.04 Å². The van der Waals surface area contributed by atoms with Gasteiger partial charge in [0.25, 0.3) is 0 Å². The molecule has 2 N–H and O–H groups in total. The summed E-state index contributed by atoms with van der Waals surface area (Å²) in [6.45, 7) is 11.0. The Morgan fingerprint density at radius 3 is 2.28 bits per heavy atom. The van der Waals surface area contributed by atoms with Gasteiger partial charge in [-0.15, -0.1) is 0 Å². The van der Waals surface area contributed by atoms with Gasteiger partial charge in [0.05, 0.1) is 12.2 Å². The summed E-state index contributed by atoms with van der Waals surface area (Å²) in [5.74, 6) is -0.533. The number of hydrogen-bond donors (Lipinski definition) is 2. The molecule has 1 atom stereocenters. The van der Waals surface area contributed by atoms with Crippen molar-refractivity contribution < 1.29 is 19.1 Å². The van der Waals surface area contributed by atoms with E-state index in [1.54, 1.807) is 26.8 Å². The van der Waals surface area contributed by atoms with Crippen molar-refractivity contribution in [3.05, 3.63) is 27.8 Å². The number of hydrogen-bond acceptors (Lipinski definition) is 4. The molecule has 0 aliphatic carbocycles. The van der Waals surface area contributed by atoms with Gasteiger partial charge in [0, 0.05) is 9.26 Å². The van der Waals surface area contributed by atoms with E-state index >= 15 is 0 Å². The van der Waals surface area contributed by atoms with E-state index in [1.165, 1.54) is 0 Å². The standard InChI is InChI=1S/C18H27IN2O4/c1-17(2,3)24-11-14(15(22)25-18(4,5)6)21-16(23)20-13-9-7-8-12(19)10-13/h7-10,14H,11H2,1-6H3,(H2,20,21,23). The van der Waals surface area contributed by atoms with E-state index in [0.29, 0.717) is 5.69 Å². The van der Waals surface area contributed by atoms with Crippen LogP contribution >= 0.6 is 22.6 Å². The first-order chi connectivity index (χ1) is 11.4. The predicted octanol–water partition coefficient (Wildman–Crippen LogP) is 3.94. The second-order valence-corrected chi connectivity index (χ2v) is 8.86. The molecule has 0 aliphatic rings. The first-order valence-electron chi connectivity index (χ1n) is 8.06. The Kier molecular flexibility index (Phi) is 7.67. The van der Waals surface area contributed by atoms with E-state index in [9.17, 15) is 9.59 Å². The van der Waals surface area contributed by atoms with Gasteiger partial charge in [-0.3, -0.25) is 0 Å². The summed E-state index contributed by atoms with van der Waals surface area (Å²) in [6.07, 6.45) is 0. The van der Waals surface area contributed by atoms with Crippen LogP contribution < -0.4 is 10.6 Å². The maximum absolute atomic E-state index is 12.4. The van der Waals surface area contributed by atoms with Crippen LogP contribution in [0.4, 0.5) is 10.5 Å². The molecule has 1 unspecified atom stereocenters. The highest BCUT2D eigenvalue weighted by Gasteiger charge is 2.28. The summed E-state index contributed by atoms with van der Waals surface area (Å²) < 4.78 is 12.0. The Balaban J connectivity index is 2.76. The monoisotopic (exact) mass is 462 g/mol. The van der Waals surface area contributed by atoms with Crippen molar-refractivity contribution in [1.82, 2.24) is 5.32 Å². The van der Waals surface area contributed by atoms with Gasteiger partial charge >= 0.3 is 12.0 Å². The number of urea groups is 1. The molecule has 0 aromatic heterocycles. The highest BCUT2D eigenvalue weighted by atomic mass is 127. The van der Waals surface area contributed by atoms with E-state index in [4.69, 9.17) is 9.47 Å². The highest BCUT2D eigenvalue weighted by molar-refractivity contribution is 14.1. The second kappa shape index (κ2) is 8.84. The van der Waals surface area contributed by atoms with Crippen molar-refractivity contribution in [1.29, 1.82) is 0 Å². The molecule has 0 aliphatic heterocycles.